The highest BCUT2D eigenvalue weighted by atomic mass is 32.2. The van der Waals surface area contributed by atoms with E-state index < -0.39 is 0 Å². The van der Waals surface area contributed by atoms with Crippen LogP contribution < -0.4 is 10.2 Å². The number of anilines is 1. The van der Waals surface area contributed by atoms with Crippen molar-refractivity contribution in [1.29, 1.82) is 10.7 Å². The molecule has 1 heterocycles. The number of rotatable bonds is 4. The van der Waals surface area contributed by atoms with Crippen LogP contribution in [-0.2, 0) is 4.79 Å². The molecule has 2 N–H and O–H groups in total. The van der Waals surface area contributed by atoms with E-state index in [1.54, 1.807) is 6.08 Å². The number of hydrogen-bond donors (Lipinski definition) is 2. The first-order valence-corrected chi connectivity index (χ1v) is 6.89. The van der Waals surface area contributed by atoms with Crippen molar-refractivity contribution in [2.24, 2.45) is 0 Å². The molecular formula is C14H14N4OS. The highest BCUT2D eigenvalue weighted by Crippen LogP contribution is 2.25. The first-order chi connectivity index (χ1) is 9.60. The van der Waals surface area contributed by atoms with Crippen molar-refractivity contribution in [1.82, 2.24) is 5.32 Å². The van der Waals surface area contributed by atoms with Crippen LogP contribution in [0.15, 0.2) is 29.2 Å². The summed E-state index contributed by atoms with van der Waals surface area (Å²) in [7, 11) is 1.94. The minimum absolute atomic E-state index is 0.161. The molecule has 1 saturated heterocycles. The molecule has 0 spiro atoms. The fourth-order valence-corrected chi connectivity index (χ4v) is 2.47. The van der Waals surface area contributed by atoms with Crippen LogP contribution in [0, 0.1) is 16.7 Å². The molecule has 0 saturated carbocycles. The van der Waals surface area contributed by atoms with Crippen LogP contribution in [0.2, 0.25) is 0 Å². The molecule has 0 radical (unpaired) electrons. The zero-order chi connectivity index (χ0) is 14.5. The van der Waals surface area contributed by atoms with Crippen LogP contribution in [0.4, 0.5) is 5.69 Å². The zero-order valence-electron chi connectivity index (χ0n) is 11.0. The summed E-state index contributed by atoms with van der Waals surface area (Å²) in [4.78, 5) is 14.0. The Kier molecular flexibility index (Phi) is 4.43. The number of amidine groups is 1. The average molecular weight is 286 g/mol. The SMILES string of the molecule is CN(CCC#N)c1ccc(C=C2SC(=N)NC2=O)cc1. The summed E-state index contributed by atoms with van der Waals surface area (Å²) in [5, 5.41) is 18.6. The predicted octanol–water partition coefficient (Wildman–Crippen LogP) is 2.18. The third kappa shape index (κ3) is 3.39. The third-order valence-electron chi connectivity index (χ3n) is 2.85. The lowest BCUT2D eigenvalue weighted by atomic mass is 10.2. The van der Waals surface area contributed by atoms with Crippen molar-refractivity contribution in [3.8, 4) is 6.07 Å². The van der Waals surface area contributed by atoms with E-state index in [1.165, 1.54) is 0 Å². The highest BCUT2D eigenvalue weighted by Gasteiger charge is 2.21. The molecule has 0 atom stereocenters. The predicted molar refractivity (Wildman–Crippen MR) is 81.4 cm³/mol. The Morgan fingerprint density at radius 1 is 1.45 bits per heavy atom. The molecule has 6 heteroatoms. The lowest BCUT2D eigenvalue weighted by Crippen LogP contribution is -2.18. The van der Waals surface area contributed by atoms with Gasteiger partial charge < -0.3 is 10.2 Å². The molecule has 0 aliphatic carbocycles. The van der Waals surface area contributed by atoms with Gasteiger partial charge in [-0.15, -0.1) is 0 Å². The Hall–Kier alpha value is -2.26. The van der Waals surface area contributed by atoms with Crippen molar-refractivity contribution in [3.05, 3.63) is 34.7 Å². The van der Waals surface area contributed by atoms with Crippen molar-refractivity contribution in [2.45, 2.75) is 6.42 Å². The molecule has 20 heavy (non-hydrogen) atoms. The Labute approximate surface area is 121 Å². The van der Waals surface area contributed by atoms with E-state index in [9.17, 15) is 4.79 Å². The summed E-state index contributed by atoms with van der Waals surface area (Å²) in [5.41, 5.74) is 1.94. The molecule has 5 nitrogen and oxygen atoms in total. The van der Waals surface area contributed by atoms with Crippen LogP contribution in [0.1, 0.15) is 12.0 Å². The molecular weight excluding hydrogens is 272 g/mol. The molecule has 0 aromatic heterocycles. The molecule has 0 bridgehead atoms. The molecule has 1 aromatic rings. The van der Waals surface area contributed by atoms with Gasteiger partial charge in [0.1, 0.15) is 0 Å². The van der Waals surface area contributed by atoms with Gasteiger partial charge in [-0.05, 0) is 35.5 Å². The average Bonchev–Trinajstić information content (AvgIpc) is 2.75. The van der Waals surface area contributed by atoms with Crippen LogP contribution in [0.25, 0.3) is 6.08 Å². The second-order valence-electron chi connectivity index (χ2n) is 4.32. The van der Waals surface area contributed by atoms with Gasteiger partial charge in [-0.25, -0.2) is 0 Å². The number of nitriles is 1. The topological polar surface area (TPSA) is 80.0 Å². The van der Waals surface area contributed by atoms with Gasteiger partial charge in [0.25, 0.3) is 5.91 Å². The lowest BCUT2D eigenvalue weighted by Gasteiger charge is -2.17. The lowest BCUT2D eigenvalue weighted by molar-refractivity contribution is -0.115. The largest absolute Gasteiger partial charge is 0.374 e. The molecule has 2 rings (SSSR count). The second-order valence-corrected chi connectivity index (χ2v) is 5.37. The fraction of sp³-hybridized carbons (Fsp3) is 0.214. The number of nitrogens with one attached hydrogen (secondary N) is 2. The minimum Gasteiger partial charge on any atom is -0.374 e. The molecule has 1 fully saturated rings. The fourth-order valence-electron chi connectivity index (χ4n) is 1.76. The van der Waals surface area contributed by atoms with Gasteiger partial charge in [-0.3, -0.25) is 10.2 Å². The molecule has 102 valence electrons. The minimum atomic E-state index is -0.227. The van der Waals surface area contributed by atoms with Gasteiger partial charge in [0, 0.05) is 19.3 Å². The Balaban J connectivity index is 2.09. The maximum atomic E-state index is 11.5. The van der Waals surface area contributed by atoms with Crippen molar-refractivity contribution in [2.75, 3.05) is 18.5 Å². The maximum absolute atomic E-state index is 11.5. The van der Waals surface area contributed by atoms with Gasteiger partial charge in [0.2, 0.25) is 0 Å². The number of carbonyl (C=O) groups excluding carboxylic acids is 1. The summed E-state index contributed by atoms with van der Waals surface area (Å²) in [6.07, 6.45) is 2.25. The number of hydrogen-bond acceptors (Lipinski definition) is 5. The number of nitrogens with zero attached hydrogens (tertiary/aromatic N) is 2. The van der Waals surface area contributed by atoms with E-state index in [0.29, 0.717) is 17.9 Å². The van der Waals surface area contributed by atoms with Crippen molar-refractivity contribution < 1.29 is 4.79 Å². The van der Waals surface area contributed by atoms with Crippen LogP contribution in [0.5, 0.6) is 0 Å². The van der Waals surface area contributed by atoms with Crippen molar-refractivity contribution >= 4 is 34.6 Å². The number of amides is 1. The normalized spacial score (nSPS) is 16.1. The maximum Gasteiger partial charge on any atom is 0.264 e. The molecule has 1 aliphatic rings. The van der Waals surface area contributed by atoms with E-state index in [2.05, 4.69) is 11.4 Å². The highest BCUT2D eigenvalue weighted by molar-refractivity contribution is 8.18. The molecule has 1 aromatic carbocycles. The van der Waals surface area contributed by atoms with E-state index in [1.807, 2.05) is 36.2 Å². The van der Waals surface area contributed by atoms with E-state index >= 15 is 0 Å². The van der Waals surface area contributed by atoms with E-state index in [-0.39, 0.29) is 11.1 Å². The summed E-state index contributed by atoms with van der Waals surface area (Å²) in [6.45, 7) is 0.687. The van der Waals surface area contributed by atoms with Gasteiger partial charge in [0.15, 0.2) is 5.17 Å². The standard InChI is InChI=1S/C14H14N4OS/c1-18(8-2-7-15)11-5-3-10(4-6-11)9-12-13(19)17-14(16)20-12/h3-6,9H,2,8H2,1H3,(H2,16,17,19). The Morgan fingerprint density at radius 3 is 2.70 bits per heavy atom. The zero-order valence-corrected chi connectivity index (χ0v) is 11.8. The van der Waals surface area contributed by atoms with Crippen molar-refractivity contribution in [3.63, 3.8) is 0 Å². The summed E-state index contributed by atoms with van der Waals surface area (Å²) >= 11 is 1.13. The van der Waals surface area contributed by atoms with Gasteiger partial charge in [0.05, 0.1) is 17.4 Å². The third-order valence-corrected chi connectivity index (χ3v) is 3.68. The number of carbonyl (C=O) groups is 1. The first kappa shape index (κ1) is 14.2. The quantitative estimate of drug-likeness (QED) is 0.831. The van der Waals surface area contributed by atoms with E-state index in [0.717, 1.165) is 23.0 Å². The van der Waals surface area contributed by atoms with Gasteiger partial charge in [-0.1, -0.05) is 12.1 Å². The van der Waals surface area contributed by atoms with Gasteiger partial charge in [-0.2, -0.15) is 5.26 Å². The number of thioether (sulfide) groups is 1. The van der Waals surface area contributed by atoms with E-state index in [4.69, 9.17) is 10.7 Å². The summed E-state index contributed by atoms with van der Waals surface area (Å²) in [5.74, 6) is -0.227. The van der Waals surface area contributed by atoms with Crippen LogP contribution in [0.3, 0.4) is 0 Å². The molecule has 1 amide bonds. The first-order valence-electron chi connectivity index (χ1n) is 6.08. The molecule has 0 unspecified atom stereocenters. The number of benzene rings is 1. The summed E-state index contributed by atoms with van der Waals surface area (Å²) < 4.78 is 0. The Bertz CT molecular complexity index is 601. The monoisotopic (exact) mass is 286 g/mol. The van der Waals surface area contributed by atoms with Crippen LogP contribution >= 0.6 is 11.8 Å². The van der Waals surface area contributed by atoms with Gasteiger partial charge >= 0.3 is 0 Å². The smallest absolute Gasteiger partial charge is 0.264 e. The Morgan fingerprint density at radius 2 is 2.15 bits per heavy atom. The summed E-state index contributed by atoms with van der Waals surface area (Å²) in [6, 6.07) is 9.86. The molecule has 1 aliphatic heterocycles. The van der Waals surface area contributed by atoms with Crippen LogP contribution in [-0.4, -0.2) is 24.7 Å². The second kappa shape index (κ2) is 6.26.